The highest BCUT2D eigenvalue weighted by atomic mass is 127. The molecule has 4 unspecified atom stereocenters. The third-order valence-corrected chi connectivity index (χ3v) is 14.8. The van der Waals surface area contributed by atoms with Gasteiger partial charge >= 0.3 is 0 Å². The molecule has 0 aliphatic heterocycles. The van der Waals surface area contributed by atoms with Crippen molar-refractivity contribution in [2.45, 2.75) is 37.5 Å². The van der Waals surface area contributed by atoms with Crippen LogP contribution in [0.15, 0.2) is 0 Å². The topological polar surface area (TPSA) is 326 Å². The van der Waals surface area contributed by atoms with Gasteiger partial charge in [-0.3, -0.25) is 24.1 Å². The Morgan fingerprint density at radius 1 is 0.500 bits per heavy atom. The molecule has 26 heteroatoms. The van der Waals surface area contributed by atoms with E-state index in [0.717, 1.165) is 0 Å². The molecule has 4 atom stereocenters. The molecular formula is C34H47I6N7O13. The Labute approximate surface area is 427 Å². The van der Waals surface area contributed by atoms with E-state index < -0.39 is 80.6 Å². The Morgan fingerprint density at radius 2 is 0.767 bits per heavy atom. The fraction of sp³-hybridized carbons (Fsp3) is 0.529. The van der Waals surface area contributed by atoms with Crippen LogP contribution in [0.5, 0.6) is 0 Å². The zero-order chi connectivity index (χ0) is 45.4. The van der Waals surface area contributed by atoms with E-state index >= 15 is 0 Å². The van der Waals surface area contributed by atoms with Gasteiger partial charge in [0.1, 0.15) is 6.17 Å². The predicted octanol–water partition coefficient (Wildman–Crippen LogP) is -1.19. The second kappa shape index (κ2) is 28.1. The Balaban J connectivity index is 2.96. The second-order valence-corrected chi connectivity index (χ2v) is 19.3. The highest BCUT2D eigenvalue weighted by Crippen LogP contribution is 2.39. The van der Waals surface area contributed by atoms with Crippen LogP contribution < -0.4 is 31.9 Å². The molecule has 0 radical (unpaired) electrons. The number of nitrogens with zero attached hydrogens (tertiary/aromatic N) is 1. The summed E-state index contributed by atoms with van der Waals surface area (Å²) >= 11 is 11.4. The monoisotopic (exact) mass is 1520 g/mol. The van der Waals surface area contributed by atoms with Crippen molar-refractivity contribution in [3.05, 3.63) is 43.7 Å². The molecule has 2 aromatic rings. The van der Waals surface area contributed by atoms with Crippen LogP contribution in [0.1, 0.15) is 48.4 Å². The van der Waals surface area contributed by atoms with E-state index in [2.05, 4.69) is 31.9 Å². The van der Waals surface area contributed by atoms with Gasteiger partial charge in [0.15, 0.2) is 0 Å². The number of anilines is 2. The second-order valence-electron chi connectivity index (χ2n) is 12.8. The smallest absolute Gasteiger partial charge is 0.253 e. The fourth-order valence-corrected chi connectivity index (χ4v) is 14.0. The van der Waals surface area contributed by atoms with Gasteiger partial charge in [-0.15, -0.1) is 0 Å². The molecule has 0 aromatic heterocycles. The van der Waals surface area contributed by atoms with Crippen molar-refractivity contribution in [3.63, 3.8) is 0 Å². The van der Waals surface area contributed by atoms with Crippen molar-refractivity contribution in [3.8, 4) is 0 Å². The Bertz CT molecular complexity index is 1590. The summed E-state index contributed by atoms with van der Waals surface area (Å²) in [6, 6.07) is 0. The van der Waals surface area contributed by atoms with Gasteiger partial charge in [0.05, 0.1) is 105 Å². The van der Waals surface area contributed by atoms with Gasteiger partial charge in [-0.05, 0) is 142 Å². The molecule has 0 aliphatic rings. The minimum Gasteiger partial charge on any atom is -0.395 e. The van der Waals surface area contributed by atoms with Crippen molar-refractivity contribution in [2.24, 2.45) is 0 Å². The van der Waals surface area contributed by atoms with Gasteiger partial charge in [0, 0.05) is 46.4 Å². The van der Waals surface area contributed by atoms with Gasteiger partial charge in [-0.1, -0.05) is 6.92 Å². The minimum absolute atomic E-state index is 0.0324. The van der Waals surface area contributed by atoms with Gasteiger partial charge < -0.3 is 77.9 Å². The molecule has 20 nitrogen and oxygen atoms in total. The number of halogens is 6. The molecule has 0 spiro atoms. The molecule has 2 rings (SSSR count). The van der Waals surface area contributed by atoms with Gasteiger partial charge in [-0.25, -0.2) is 0 Å². The van der Waals surface area contributed by atoms with Crippen LogP contribution in [0.2, 0.25) is 0 Å². The number of aliphatic hydroxyl groups is 9. The number of aliphatic hydroxyl groups excluding tert-OH is 9. The SMILES string of the molecule is CCN(CCO)CC(Nc1c(I)c(C(=O)NCC(O)CO)c(I)c(C(=O)NCC(O)CO)c1I)Nc1c(I)c(C(=O)NCC(O)CO)c(I)c(C(=O)NCC(O)CO)c1I. The average Bonchev–Trinajstić information content (AvgIpc) is 3.22. The molecule has 0 saturated carbocycles. The summed E-state index contributed by atoms with van der Waals surface area (Å²) in [5.41, 5.74) is 0.680. The summed E-state index contributed by atoms with van der Waals surface area (Å²) in [7, 11) is 0. The number of amides is 4. The van der Waals surface area contributed by atoms with Crippen LogP contribution in [-0.4, -0.2) is 184 Å². The number of carbonyl (C=O) groups is 4. The molecular weight excluding hydrogens is 1480 g/mol. The van der Waals surface area contributed by atoms with Crippen molar-refractivity contribution < 1.29 is 65.1 Å². The largest absolute Gasteiger partial charge is 0.395 e. The first-order valence-corrected chi connectivity index (χ1v) is 24.4. The van der Waals surface area contributed by atoms with Crippen LogP contribution in [0.4, 0.5) is 11.4 Å². The van der Waals surface area contributed by atoms with Crippen molar-refractivity contribution >= 4 is 171 Å². The number of hydrogen-bond acceptors (Lipinski definition) is 16. The number of benzene rings is 2. The van der Waals surface area contributed by atoms with Crippen molar-refractivity contribution in [2.75, 3.05) is 89.5 Å². The lowest BCUT2D eigenvalue weighted by Crippen LogP contribution is -2.44. The molecule has 0 fully saturated rings. The summed E-state index contributed by atoms with van der Waals surface area (Å²) < 4.78 is 1.75. The number of nitrogens with one attached hydrogen (secondary N) is 6. The zero-order valence-corrected chi connectivity index (χ0v) is 44.7. The maximum absolute atomic E-state index is 13.8. The normalized spacial score (nSPS) is 13.9. The van der Waals surface area contributed by atoms with Gasteiger partial charge in [0.2, 0.25) is 0 Å². The lowest BCUT2D eigenvalue weighted by atomic mass is 10.1. The highest BCUT2D eigenvalue weighted by molar-refractivity contribution is 14.1. The summed E-state index contributed by atoms with van der Waals surface area (Å²) in [5, 5.41) is 104. The van der Waals surface area contributed by atoms with Crippen LogP contribution in [0.3, 0.4) is 0 Å². The number of carbonyl (C=O) groups excluding carboxylic acids is 4. The lowest BCUT2D eigenvalue weighted by Gasteiger charge is -2.32. The summed E-state index contributed by atoms with van der Waals surface area (Å²) in [6.45, 7) is -1.29. The third-order valence-electron chi connectivity index (χ3n) is 8.32. The fourth-order valence-electron chi connectivity index (χ4n) is 5.09. The number of rotatable bonds is 25. The van der Waals surface area contributed by atoms with Crippen LogP contribution >= 0.6 is 136 Å². The van der Waals surface area contributed by atoms with E-state index in [-0.39, 0.29) is 86.6 Å². The Kier molecular flexibility index (Phi) is 26.2. The van der Waals surface area contributed by atoms with Gasteiger partial charge in [0.25, 0.3) is 23.6 Å². The van der Waals surface area contributed by atoms with E-state index in [0.29, 0.717) is 20.8 Å². The van der Waals surface area contributed by atoms with E-state index in [1.165, 1.54) is 0 Å². The number of likely N-dealkylation sites (N-methyl/N-ethyl adjacent to an activating group) is 1. The standard InChI is InChI=1S/C34H47I6N7O13/c1-2-47(3-4-48)9-18(45-29-25(37)19(31(57)41-5-14(53)10-49)23(35)20(26(29)38)32(58)42-6-15(54)11-50)46-30-27(39)21(33(59)43-7-16(55)12-51)24(36)22(28(30)40)34(60)44-8-17(56)13-52/h14-18,45-46,48-56H,2-13H2,1H3,(H,41,57)(H,42,58)(H,43,59)(H,44,60). The summed E-state index contributed by atoms with van der Waals surface area (Å²) in [4.78, 5) is 56.9. The van der Waals surface area contributed by atoms with Gasteiger partial charge in [-0.2, -0.15) is 0 Å². The first kappa shape index (κ1) is 56.0. The van der Waals surface area contributed by atoms with E-state index in [1.807, 2.05) is 147 Å². The lowest BCUT2D eigenvalue weighted by molar-refractivity contribution is 0.0792. The van der Waals surface area contributed by atoms with E-state index in [4.69, 9.17) is 0 Å². The van der Waals surface area contributed by atoms with Crippen LogP contribution in [0, 0.1) is 21.4 Å². The zero-order valence-electron chi connectivity index (χ0n) is 31.7. The van der Waals surface area contributed by atoms with E-state index in [1.54, 1.807) is 0 Å². The minimum atomic E-state index is -1.27. The molecule has 0 heterocycles. The molecule has 2 aromatic carbocycles. The highest BCUT2D eigenvalue weighted by Gasteiger charge is 2.32. The van der Waals surface area contributed by atoms with Crippen LogP contribution in [-0.2, 0) is 0 Å². The molecule has 338 valence electrons. The summed E-state index contributed by atoms with van der Waals surface area (Å²) in [6.07, 6.45) is -5.98. The maximum Gasteiger partial charge on any atom is 0.253 e. The van der Waals surface area contributed by atoms with E-state index in [9.17, 15) is 65.1 Å². The average molecular weight is 1520 g/mol. The number of hydrogen-bond donors (Lipinski definition) is 15. The first-order valence-electron chi connectivity index (χ1n) is 17.9. The molecule has 0 bridgehead atoms. The first-order chi connectivity index (χ1) is 28.3. The third kappa shape index (κ3) is 15.8. The quantitative estimate of drug-likeness (QED) is 0.0411. The van der Waals surface area contributed by atoms with Crippen LogP contribution in [0.25, 0.3) is 0 Å². The summed E-state index contributed by atoms with van der Waals surface area (Å²) in [5.74, 6) is -2.76. The molecule has 4 amide bonds. The Morgan fingerprint density at radius 3 is 0.983 bits per heavy atom. The predicted molar refractivity (Wildman–Crippen MR) is 271 cm³/mol. The van der Waals surface area contributed by atoms with Crippen molar-refractivity contribution in [1.82, 2.24) is 26.2 Å². The maximum atomic E-state index is 13.8. The van der Waals surface area contributed by atoms with Crippen molar-refractivity contribution in [1.29, 1.82) is 0 Å². The molecule has 15 N–H and O–H groups in total. The molecule has 0 saturated heterocycles. The Hall–Kier alpha value is -0.100. The molecule has 60 heavy (non-hydrogen) atoms. The molecule has 0 aliphatic carbocycles.